The summed E-state index contributed by atoms with van der Waals surface area (Å²) in [7, 11) is 0. The van der Waals surface area contributed by atoms with Crippen LogP contribution in [0.4, 0.5) is 4.79 Å². The lowest BCUT2D eigenvalue weighted by Gasteiger charge is -2.09. The number of carbonyl (C=O) groups is 1. The average Bonchev–Trinajstić information content (AvgIpc) is 2.85. The molecule has 0 radical (unpaired) electrons. The summed E-state index contributed by atoms with van der Waals surface area (Å²) in [6, 6.07) is 3.36. The second kappa shape index (κ2) is 3.45. The number of carbonyl (C=O) groups excluding carboxylic acids is 1. The molecular formula is C10H8ClNO4. The molecule has 6 heteroatoms. The third-order valence-electron chi connectivity index (χ3n) is 2.53. The maximum absolute atomic E-state index is 10.9. The standard InChI is InChI=1S/C10H8ClNO4/c11-6-1-5(7-3-14-10(13)12-7)2-8-9(6)16-4-15-8/h1-2,7H,3-4H2,(H,12,13). The largest absolute Gasteiger partial charge is 0.454 e. The SMILES string of the molecule is O=C1NC(c2cc(Cl)c3c(c2)OCO3)CO1. The van der Waals surface area contributed by atoms with E-state index < -0.39 is 6.09 Å². The van der Waals surface area contributed by atoms with Gasteiger partial charge in [-0.2, -0.15) is 0 Å². The number of halogens is 1. The third kappa shape index (κ3) is 1.44. The lowest BCUT2D eigenvalue weighted by Crippen LogP contribution is -2.18. The van der Waals surface area contributed by atoms with Crippen molar-refractivity contribution in [1.82, 2.24) is 5.32 Å². The zero-order valence-corrected chi connectivity index (χ0v) is 8.91. The van der Waals surface area contributed by atoms with Gasteiger partial charge in [0.25, 0.3) is 0 Å². The van der Waals surface area contributed by atoms with Crippen LogP contribution in [0, 0.1) is 0 Å². The molecule has 16 heavy (non-hydrogen) atoms. The highest BCUT2D eigenvalue weighted by Gasteiger charge is 2.27. The molecule has 1 atom stereocenters. The van der Waals surface area contributed by atoms with Crippen molar-refractivity contribution in [2.45, 2.75) is 6.04 Å². The lowest BCUT2D eigenvalue weighted by atomic mass is 10.1. The Kier molecular flexibility index (Phi) is 2.07. The van der Waals surface area contributed by atoms with E-state index in [2.05, 4.69) is 5.32 Å². The van der Waals surface area contributed by atoms with E-state index in [-0.39, 0.29) is 12.8 Å². The van der Waals surface area contributed by atoms with Gasteiger partial charge in [0, 0.05) is 0 Å². The summed E-state index contributed by atoms with van der Waals surface area (Å²) in [6.07, 6.45) is -0.418. The summed E-state index contributed by atoms with van der Waals surface area (Å²) in [5, 5.41) is 3.15. The first-order chi connectivity index (χ1) is 7.74. The number of benzene rings is 1. The minimum absolute atomic E-state index is 0.173. The number of nitrogens with one attached hydrogen (secondary N) is 1. The van der Waals surface area contributed by atoms with Gasteiger partial charge < -0.3 is 19.5 Å². The number of hydrogen-bond donors (Lipinski definition) is 1. The normalized spacial score (nSPS) is 21.8. The molecule has 1 amide bonds. The number of amides is 1. The Labute approximate surface area is 96.2 Å². The molecular weight excluding hydrogens is 234 g/mol. The summed E-state index contributed by atoms with van der Waals surface area (Å²) in [5.74, 6) is 1.15. The number of rotatable bonds is 1. The quantitative estimate of drug-likeness (QED) is 0.815. The second-order valence-corrected chi connectivity index (χ2v) is 3.94. The van der Waals surface area contributed by atoms with Crippen LogP contribution in [-0.2, 0) is 4.74 Å². The molecule has 2 heterocycles. The fourth-order valence-electron chi connectivity index (χ4n) is 1.75. The summed E-state index contributed by atoms with van der Waals surface area (Å²) in [4.78, 5) is 10.9. The molecule has 3 rings (SSSR count). The lowest BCUT2D eigenvalue weighted by molar-refractivity contribution is 0.174. The average molecular weight is 242 g/mol. The van der Waals surface area contributed by atoms with Crippen molar-refractivity contribution >= 4 is 17.7 Å². The van der Waals surface area contributed by atoms with Gasteiger partial charge in [-0.3, -0.25) is 0 Å². The highest BCUT2D eigenvalue weighted by molar-refractivity contribution is 6.32. The van der Waals surface area contributed by atoms with E-state index in [0.29, 0.717) is 23.1 Å². The molecule has 1 aromatic carbocycles. The summed E-state index contributed by atoms with van der Waals surface area (Å²) < 4.78 is 15.3. The van der Waals surface area contributed by atoms with Crippen molar-refractivity contribution in [3.63, 3.8) is 0 Å². The minimum atomic E-state index is -0.418. The maximum atomic E-state index is 10.9. The number of fused-ring (bicyclic) bond motifs is 1. The number of ether oxygens (including phenoxy) is 3. The first-order valence-electron chi connectivity index (χ1n) is 4.76. The molecule has 1 unspecified atom stereocenters. The van der Waals surface area contributed by atoms with Crippen LogP contribution in [-0.4, -0.2) is 19.5 Å². The number of hydrogen-bond acceptors (Lipinski definition) is 4. The Balaban J connectivity index is 1.97. The zero-order chi connectivity index (χ0) is 11.1. The Bertz CT molecular complexity index is 462. The summed E-state index contributed by atoms with van der Waals surface area (Å²) in [6.45, 7) is 0.473. The van der Waals surface area contributed by atoms with Crippen LogP contribution >= 0.6 is 11.6 Å². The van der Waals surface area contributed by atoms with E-state index in [9.17, 15) is 4.79 Å². The smallest absolute Gasteiger partial charge is 0.407 e. The van der Waals surface area contributed by atoms with Crippen molar-refractivity contribution in [1.29, 1.82) is 0 Å². The highest BCUT2D eigenvalue weighted by Crippen LogP contribution is 2.41. The van der Waals surface area contributed by atoms with Gasteiger partial charge in [-0.1, -0.05) is 11.6 Å². The highest BCUT2D eigenvalue weighted by atomic mass is 35.5. The monoisotopic (exact) mass is 241 g/mol. The van der Waals surface area contributed by atoms with E-state index in [1.54, 1.807) is 12.1 Å². The van der Waals surface area contributed by atoms with Gasteiger partial charge in [-0.25, -0.2) is 4.79 Å². The van der Waals surface area contributed by atoms with Crippen molar-refractivity contribution in [2.24, 2.45) is 0 Å². The van der Waals surface area contributed by atoms with E-state index in [1.165, 1.54) is 0 Å². The summed E-state index contributed by atoms with van der Waals surface area (Å²) in [5.41, 5.74) is 0.847. The van der Waals surface area contributed by atoms with Crippen LogP contribution in [0.2, 0.25) is 5.02 Å². The summed E-state index contributed by atoms with van der Waals surface area (Å²) >= 11 is 6.03. The van der Waals surface area contributed by atoms with Crippen LogP contribution in [0.3, 0.4) is 0 Å². The predicted octanol–water partition coefficient (Wildman–Crippen LogP) is 1.85. The van der Waals surface area contributed by atoms with Crippen LogP contribution in [0.1, 0.15) is 11.6 Å². The van der Waals surface area contributed by atoms with Gasteiger partial charge >= 0.3 is 6.09 Å². The van der Waals surface area contributed by atoms with E-state index in [0.717, 1.165) is 5.56 Å². The van der Waals surface area contributed by atoms with Crippen LogP contribution in [0.25, 0.3) is 0 Å². The Morgan fingerprint density at radius 2 is 2.19 bits per heavy atom. The van der Waals surface area contributed by atoms with Gasteiger partial charge in [0.05, 0.1) is 11.1 Å². The Morgan fingerprint density at radius 1 is 1.31 bits per heavy atom. The molecule has 2 aliphatic heterocycles. The first kappa shape index (κ1) is 9.59. The van der Waals surface area contributed by atoms with Crippen LogP contribution in [0.15, 0.2) is 12.1 Å². The molecule has 0 saturated carbocycles. The van der Waals surface area contributed by atoms with Crippen molar-refractivity contribution in [2.75, 3.05) is 13.4 Å². The molecule has 0 aliphatic carbocycles. The van der Waals surface area contributed by atoms with E-state index in [1.807, 2.05) is 0 Å². The molecule has 0 bridgehead atoms. The zero-order valence-electron chi connectivity index (χ0n) is 8.16. The molecule has 1 saturated heterocycles. The van der Waals surface area contributed by atoms with Gasteiger partial charge in [0.2, 0.25) is 6.79 Å². The van der Waals surface area contributed by atoms with Crippen molar-refractivity contribution in [3.05, 3.63) is 22.7 Å². The van der Waals surface area contributed by atoms with Gasteiger partial charge in [0.15, 0.2) is 11.5 Å². The fourth-order valence-corrected chi connectivity index (χ4v) is 2.03. The third-order valence-corrected chi connectivity index (χ3v) is 2.81. The molecule has 5 nitrogen and oxygen atoms in total. The predicted molar refractivity (Wildman–Crippen MR) is 54.8 cm³/mol. The number of cyclic esters (lactones) is 1. The molecule has 1 N–H and O–H groups in total. The van der Waals surface area contributed by atoms with Gasteiger partial charge in [0.1, 0.15) is 6.61 Å². The molecule has 1 aromatic rings. The molecule has 2 aliphatic rings. The maximum Gasteiger partial charge on any atom is 0.407 e. The fraction of sp³-hybridized carbons (Fsp3) is 0.300. The molecule has 0 spiro atoms. The second-order valence-electron chi connectivity index (χ2n) is 3.53. The topological polar surface area (TPSA) is 56.8 Å². The Morgan fingerprint density at radius 3 is 2.94 bits per heavy atom. The van der Waals surface area contributed by atoms with E-state index >= 15 is 0 Å². The molecule has 1 fully saturated rings. The van der Waals surface area contributed by atoms with E-state index in [4.69, 9.17) is 25.8 Å². The van der Waals surface area contributed by atoms with Gasteiger partial charge in [-0.05, 0) is 17.7 Å². The number of alkyl carbamates (subject to hydrolysis) is 1. The van der Waals surface area contributed by atoms with Crippen LogP contribution in [0.5, 0.6) is 11.5 Å². The van der Waals surface area contributed by atoms with Crippen molar-refractivity contribution < 1.29 is 19.0 Å². The van der Waals surface area contributed by atoms with Gasteiger partial charge in [-0.15, -0.1) is 0 Å². The van der Waals surface area contributed by atoms with Crippen LogP contribution < -0.4 is 14.8 Å². The molecule has 84 valence electrons. The van der Waals surface area contributed by atoms with Crippen molar-refractivity contribution in [3.8, 4) is 11.5 Å². The molecule has 0 aromatic heterocycles. The Hall–Kier alpha value is -1.62. The minimum Gasteiger partial charge on any atom is -0.454 e. The first-order valence-corrected chi connectivity index (χ1v) is 5.14.